The number of nitrogens with zero attached hydrogens (tertiary/aromatic N) is 4. The van der Waals surface area contributed by atoms with Crippen LogP contribution in [0, 0.1) is 6.92 Å². The SMILES string of the molecule is Cc1ccc2c(oc3ccccc32)c1-c1n(-c2ccc(-c3ccc(-c4ccncn4)cc3)cc2)c2ccccc2[n+]1C. The minimum atomic E-state index is 0.903. The Hall–Kier alpha value is -5.55. The Bertz CT molecular complexity index is 2240. The average molecular weight is 544 g/mol. The van der Waals surface area contributed by atoms with Crippen molar-refractivity contribution in [3.05, 3.63) is 133 Å². The molecular formula is C37H27N4O+. The Morgan fingerprint density at radius 3 is 2.19 bits per heavy atom. The Morgan fingerprint density at radius 1 is 0.690 bits per heavy atom. The normalized spacial score (nSPS) is 11.6. The monoisotopic (exact) mass is 543 g/mol. The molecule has 0 fully saturated rings. The lowest BCUT2D eigenvalue weighted by Crippen LogP contribution is -2.30. The molecule has 3 heterocycles. The van der Waals surface area contributed by atoms with Crippen LogP contribution < -0.4 is 4.57 Å². The lowest BCUT2D eigenvalue weighted by Gasteiger charge is -2.09. The molecule has 0 aliphatic rings. The van der Waals surface area contributed by atoms with E-state index in [1.54, 1.807) is 12.5 Å². The number of rotatable bonds is 4. The molecule has 200 valence electrons. The summed E-state index contributed by atoms with van der Waals surface area (Å²) in [5.41, 5.74) is 11.8. The summed E-state index contributed by atoms with van der Waals surface area (Å²) < 4.78 is 11.2. The minimum Gasteiger partial charge on any atom is -0.455 e. The minimum absolute atomic E-state index is 0.903. The second kappa shape index (κ2) is 9.53. The Morgan fingerprint density at radius 2 is 1.40 bits per heavy atom. The lowest BCUT2D eigenvalue weighted by molar-refractivity contribution is -0.633. The van der Waals surface area contributed by atoms with Crippen molar-refractivity contribution in [1.82, 2.24) is 14.5 Å². The summed E-state index contributed by atoms with van der Waals surface area (Å²) >= 11 is 0. The average Bonchev–Trinajstić information content (AvgIpc) is 3.57. The summed E-state index contributed by atoms with van der Waals surface area (Å²) in [6, 6.07) is 40.5. The highest BCUT2D eigenvalue weighted by Gasteiger charge is 2.30. The van der Waals surface area contributed by atoms with Gasteiger partial charge in [0, 0.05) is 22.5 Å². The van der Waals surface area contributed by atoms with E-state index < -0.39 is 0 Å². The quantitative estimate of drug-likeness (QED) is 0.209. The molecule has 0 aliphatic carbocycles. The fraction of sp³-hybridized carbons (Fsp3) is 0.0541. The number of benzene rings is 5. The summed E-state index contributed by atoms with van der Waals surface area (Å²) in [6.07, 6.45) is 3.35. The van der Waals surface area contributed by atoms with Gasteiger partial charge in [-0.3, -0.25) is 0 Å². The van der Waals surface area contributed by atoms with Crippen LogP contribution in [0.3, 0.4) is 0 Å². The predicted octanol–water partition coefficient (Wildman–Crippen LogP) is 8.45. The number of aromatic nitrogens is 4. The van der Waals surface area contributed by atoms with Gasteiger partial charge in [0.2, 0.25) is 0 Å². The van der Waals surface area contributed by atoms with Crippen molar-refractivity contribution in [2.45, 2.75) is 6.92 Å². The second-order valence-corrected chi connectivity index (χ2v) is 10.7. The van der Waals surface area contributed by atoms with Crippen molar-refractivity contribution in [3.8, 4) is 39.5 Å². The van der Waals surface area contributed by atoms with Gasteiger partial charge >= 0.3 is 0 Å². The van der Waals surface area contributed by atoms with Crippen molar-refractivity contribution < 1.29 is 8.98 Å². The molecule has 0 N–H and O–H groups in total. The van der Waals surface area contributed by atoms with E-state index in [1.165, 1.54) is 5.56 Å². The van der Waals surface area contributed by atoms with Crippen LogP contribution >= 0.6 is 0 Å². The zero-order valence-corrected chi connectivity index (χ0v) is 23.3. The molecule has 0 bridgehead atoms. The summed E-state index contributed by atoms with van der Waals surface area (Å²) in [6.45, 7) is 2.16. The number of para-hydroxylation sites is 3. The molecule has 0 aliphatic heterocycles. The van der Waals surface area contributed by atoms with Gasteiger partial charge in [-0.15, -0.1) is 0 Å². The molecule has 42 heavy (non-hydrogen) atoms. The van der Waals surface area contributed by atoms with E-state index in [0.717, 1.165) is 72.4 Å². The molecule has 8 rings (SSSR count). The first-order valence-electron chi connectivity index (χ1n) is 14.1. The van der Waals surface area contributed by atoms with Gasteiger partial charge in [0.1, 0.15) is 23.2 Å². The largest absolute Gasteiger partial charge is 0.455 e. The molecular weight excluding hydrogens is 516 g/mol. The molecule has 0 amide bonds. The van der Waals surface area contributed by atoms with Gasteiger partial charge in [-0.05, 0) is 60.0 Å². The predicted molar refractivity (Wildman–Crippen MR) is 168 cm³/mol. The van der Waals surface area contributed by atoms with Crippen molar-refractivity contribution in [3.63, 3.8) is 0 Å². The smallest absolute Gasteiger partial charge is 0.298 e. The number of aryl methyl sites for hydroxylation is 2. The number of hydrogen-bond donors (Lipinski definition) is 0. The number of hydrogen-bond acceptors (Lipinski definition) is 3. The van der Waals surface area contributed by atoms with E-state index in [-0.39, 0.29) is 0 Å². The highest BCUT2D eigenvalue weighted by Crippen LogP contribution is 2.39. The maximum atomic E-state index is 6.54. The number of imidazole rings is 1. The molecule has 0 unspecified atom stereocenters. The van der Waals surface area contributed by atoms with Gasteiger partial charge in [-0.25, -0.2) is 14.5 Å². The summed E-state index contributed by atoms with van der Waals surface area (Å²) in [5, 5.41) is 2.26. The summed E-state index contributed by atoms with van der Waals surface area (Å²) in [5.74, 6) is 1.08. The Kier molecular flexibility index (Phi) is 5.50. The van der Waals surface area contributed by atoms with Crippen LogP contribution in [0.25, 0.3) is 72.4 Å². The van der Waals surface area contributed by atoms with Gasteiger partial charge in [0.15, 0.2) is 16.6 Å². The zero-order chi connectivity index (χ0) is 28.2. The molecule has 5 heteroatoms. The maximum Gasteiger partial charge on any atom is 0.298 e. The van der Waals surface area contributed by atoms with Crippen LogP contribution in [0.5, 0.6) is 0 Å². The van der Waals surface area contributed by atoms with Crippen molar-refractivity contribution in [1.29, 1.82) is 0 Å². The Balaban J connectivity index is 1.29. The maximum absolute atomic E-state index is 6.54. The van der Waals surface area contributed by atoms with Crippen LogP contribution in [0.15, 0.2) is 132 Å². The van der Waals surface area contributed by atoms with Crippen LogP contribution in [0.1, 0.15) is 5.56 Å². The van der Waals surface area contributed by atoms with E-state index in [9.17, 15) is 0 Å². The third kappa shape index (κ3) is 3.75. The molecule has 0 radical (unpaired) electrons. The van der Waals surface area contributed by atoms with E-state index in [4.69, 9.17) is 4.42 Å². The molecule has 8 aromatic rings. The number of fused-ring (bicyclic) bond motifs is 4. The zero-order valence-electron chi connectivity index (χ0n) is 23.3. The standard InChI is InChI=1S/C37H27N4O/c1-24-11-20-30-29-7-3-6-10-34(29)42-36(30)35(24)37-40(2)32-8-4-5-9-33(32)41(37)28-18-16-26(17-19-28)25-12-14-27(15-13-25)31-21-22-38-23-39-31/h3-23H,1-2H3/q+1. The van der Waals surface area contributed by atoms with E-state index in [0.29, 0.717) is 0 Å². The molecule has 0 saturated heterocycles. The first-order chi connectivity index (χ1) is 20.7. The number of furan rings is 1. The molecule has 3 aromatic heterocycles. The van der Waals surface area contributed by atoms with Crippen LogP contribution in [0.2, 0.25) is 0 Å². The van der Waals surface area contributed by atoms with Gasteiger partial charge < -0.3 is 4.42 Å². The summed E-state index contributed by atoms with van der Waals surface area (Å²) in [4.78, 5) is 8.40. The molecule has 0 spiro atoms. The van der Waals surface area contributed by atoms with Crippen molar-refractivity contribution in [2.24, 2.45) is 7.05 Å². The first kappa shape index (κ1) is 24.3. The van der Waals surface area contributed by atoms with Gasteiger partial charge in [-0.2, -0.15) is 4.57 Å². The Labute approximate surface area is 243 Å². The van der Waals surface area contributed by atoms with E-state index in [1.807, 2.05) is 18.2 Å². The van der Waals surface area contributed by atoms with Crippen LogP contribution in [-0.2, 0) is 7.05 Å². The van der Waals surface area contributed by atoms with Gasteiger partial charge in [0.25, 0.3) is 5.82 Å². The second-order valence-electron chi connectivity index (χ2n) is 10.7. The van der Waals surface area contributed by atoms with Crippen molar-refractivity contribution in [2.75, 3.05) is 0 Å². The van der Waals surface area contributed by atoms with Gasteiger partial charge in [0.05, 0.1) is 12.7 Å². The van der Waals surface area contributed by atoms with Gasteiger partial charge in [-0.1, -0.05) is 78.9 Å². The highest BCUT2D eigenvalue weighted by molar-refractivity contribution is 6.09. The first-order valence-corrected chi connectivity index (χ1v) is 14.1. The fourth-order valence-electron chi connectivity index (χ4n) is 6.12. The topological polar surface area (TPSA) is 47.7 Å². The molecule has 5 aromatic carbocycles. The molecule has 0 atom stereocenters. The third-order valence-corrected chi connectivity index (χ3v) is 8.21. The van der Waals surface area contributed by atoms with E-state index in [2.05, 4.69) is 130 Å². The summed E-state index contributed by atoms with van der Waals surface area (Å²) in [7, 11) is 2.14. The van der Waals surface area contributed by atoms with Crippen molar-refractivity contribution >= 4 is 33.0 Å². The van der Waals surface area contributed by atoms with Crippen LogP contribution in [-0.4, -0.2) is 14.5 Å². The molecule has 5 nitrogen and oxygen atoms in total. The van der Waals surface area contributed by atoms with Crippen LogP contribution in [0.4, 0.5) is 0 Å². The highest BCUT2D eigenvalue weighted by atomic mass is 16.3. The lowest BCUT2D eigenvalue weighted by atomic mass is 10.0. The fourth-order valence-corrected chi connectivity index (χ4v) is 6.12. The van der Waals surface area contributed by atoms with E-state index >= 15 is 0 Å². The molecule has 0 saturated carbocycles. The third-order valence-electron chi connectivity index (χ3n) is 8.21.